The lowest BCUT2D eigenvalue weighted by Crippen LogP contribution is -2.63. The van der Waals surface area contributed by atoms with Crippen LogP contribution in [0.3, 0.4) is 0 Å². The molecule has 2 N–H and O–H groups in total. The Morgan fingerprint density at radius 2 is 1.29 bits per heavy atom. The summed E-state index contributed by atoms with van der Waals surface area (Å²) in [6.45, 7) is 13.7. The monoisotopic (exact) mass is 1090 g/mol. The molecule has 3 aromatic carbocycles. The molecule has 2 aliphatic rings. The minimum atomic E-state index is -1.63. The highest BCUT2D eigenvalue weighted by molar-refractivity contribution is 7.50. The highest BCUT2D eigenvalue weighted by Crippen LogP contribution is 2.51. The number of esters is 4. The minimum absolute atomic E-state index is 0.0178. The second kappa shape index (κ2) is 27.3. The molecule has 0 amide bonds. The van der Waals surface area contributed by atoms with Crippen LogP contribution in [-0.2, 0) is 72.0 Å². The first-order valence-electron chi connectivity index (χ1n) is 25.3. The van der Waals surface area contributed by atoms with Crippen LogP contribution in [0.4, 0.5) is 5.82 Å². The summed E-state index contributed by atoms with van der Waals surface area (Å²) < 4.78 is 70.9. The Labute approximate surface area is 449 Å². The largest absolute Gasteiger partial charge is 0.497 e. The molecule has 1 aromatic heterocycles. The summed E-state index contributed by atoms with van der Waals surface area (Å²) in [5.41, 5.74) is 5.82. The maximum atomic E-state index is 14.6. The number of methoxy groups -OCH3 is 2. The predicted octanol–water partition coefficient (Wildman–Crippen LogP) is 6.40. The van der Waals surface area contributed by atoms with E-state index in [0.717, 1.165) is 20.8 Å². The van der Waals surface area contributed by atoms with Crippen molar-refractivity contribution in [1.29, 1.82) is 0 Å². The third-order valence-corrected chi connectivity index (χ3v) is 15.4. The van der Waals surface area contributed by atoms with Gasteiger partial charge < -0.3 is 57.6 Å². The topological polar surface area (TPSA) is 251 Å². The number of ether oxygens (including phenoxy) is 10. The highest BCUT2D eigenvalue weighted by atomic mass is 31.2. The van der Waals surface area contributed by atoms with Gasteiger partial charge in [-0.25, -0.2) is 4.79 Å². The maximum Gasteiger partial charge on any atom is 0.351 e. The molecule has 418 valence electrons. The van der Waals surface area contributed by atoms with Crippen LogP contribution in [0.15, 0.2) is 95.9 Å². The summed E-state index contributed by atoms with van der Waals surface area (Å²) in [5, 5.41) is 0. The van der Waals surface area contributed by atoms with E-state index in [2.05, 4.69) is 9.65 Å². The Morgan fingerprint density at radius 1 is 0.740 bits per heavy atom. The summed E-state index contributed by atoms with van der Waals surface area (Å²) in [5.74, 6) is -2.13. The van der Waals surface area contributed by atoms with Gasteiger partial charge in [0.15, 0.2) is 30.4 Å². The maximum absolute atomic E-state index is 14.6. The molecule has 0 spiro atoms. The summed E-state index contributed by atoms with van der Waals surface area (Å²) in [4.78, 5) is 81.5. The van der Waals surface area contributed by atoms with Gasteiger partial charge in [-0.15, -0.1) is 0 Å². The first kappa shape index (κ1) is 59.9. The summed E-state index contributed by atoms with van der Waals surface area (Å²) in [7, 11) is 1.52. The molecular weight excluding hydrogens is 1020 g/mol. The number of anilines is 1. The van der Waals surface area contributed by atoms with Crippen LogP contribution in [0.1, 0.15) is 98.1 Å². The lowest BCUT2D eigenvalue weighted by molar-refractivity contribution is -0.308. The van der Waals surface area contributed by atoms with Crippen LogP contribution in [0.5, 0.6) is 11.5 Å². The number of rotatable bonds is 25. The van der Waals surface area contributed by atoms with Crippen molar-refractivity contribution in [3.63, 3.8) is 0 Å². The van der Waals surface area contributed by atoms with Gasteiger partial charge in [0.05, 0.1) is 26.9 Å². The average molecular weight is 1090 g/mol. The fourth-order valence-electron chi connectivity index (χ4n) is 9.66. The van der Waals surface area contributed by atoms with Crippen molar-refractivity contribution in [2.45, 2.75) is 148 Å². The second-order valence-corrected chi connectivity index (χ2v) is 20.9. The third-order valence-electron chi connectivity index (χ3n) is 12.7. The minimum Gasteiger partial charge on any atom is -0.497 e. The number of nitrogens with two attached hydrogens (primary N) is 1. The molecule has 0 saturated carbocycles. The number of carbonyl (C=O) groups excluding carboxylic acids is 5. The Bertz CT molecular complexity index is 2620. The number of benzene rings is 3. The average Bonchev–Trinajstić information content (AvgIpc) is 3.83. The van der Waals surface area contributed by atoms with Crippen LogP contribution in [0.2, 0.25) is 0 Å². The Hall–Kier alpha value is -6.32. The first-order chi connectivity index (χ1) is 36.7. The number of ketones is 1. The normalized spacial score (nSPS) is 22.3. The molecule has 0 bridgehead atoms. The molecular formula is C55H71N4O17P. The van der Waals surface area contributed by atoms with Gasteiger partial charge >= 0.3 is 29.6 Å². The second-order valence-electron chi connectivity index (χ2n) is 19.1. The summed E-state index contributed by atoms with van der Waals surface area (Å²) >= 11 is 0. The van der Waals surface area contributed by atoms with Gasteiger partial charge in [-0.2, -0.15) is 4.98 Å². The molecule has 10 atom stereocenters. The highest BCUT2D eigenvalue weighted by Gasteiger charge is 2.54. The number of nitrogen functional groups attached to an aromatic ring is 1. The van der Waals surface area contributed by atoms with Crippen molar-refractivity contribution in [3.05, 3.63) is 118 Å². The van der Waals surface area contributed by atoms with E-state index in [-0.39, 0.29) is 36.7 Å². The quantitative estimate of drug-likeness (QED) is 0.0248. The molecule has 4 aromatic rings. The van der Waals surface area contributed by atoms with Gasteiger partial charge in [-0.3, -0.25) is 33.2 Å². The fraction of sp³-hybridized carbons (Fsp3) is 0.509. The van der Waals surface area contributed by atoms with Crippen molar-refractivity contribution in [1.82, 2.24) is 14.2 Å². The lowest BCUT2D eigenvalue weighted by atomic mass is 9.79. The number of nitrogens with zero attached hydrogens (tertiary/aromatic N) is 3. The van der Waals surface area contributed by atoms with E-state index in [0.29, 0.717) is 40.8 Å². The van der Waals surface area contributed by atoms with Crippen LogP contribution in [0, 0.1) is 0 Å². The van der Waals surface area contributed by atoms with Crippen LogP contribution in [-0.4, -0.2) is 139 Å². The third kappa shape index (κ3) is 15.0. The van der Waals surface area contributed by atoms with E-state index < -0.39 is 105 Å². The molecule has 2 fully saturated rings. The van der Waals surface area contributed by atoms with E-state index >= 15 is 0 Å². The van der Waals surface area contributed by atoms with E-state index in [9.17, 15) is 28.8 Å². The first-order valence-corrected chi connectivity index (χ1v) is 26.7. The molecule has 2 saturated heterocycles. The number of Topliss-reactive ketones (excluding diaryl/α,β-unsaturated/α-hetero) is 1. The van der Waals surface area contributed by atoms with Crippen molar-refractivity contribution < 1.29 is 75.9 Å². The molecule has 21 nitrogen and oxygen atoms in total. The van der Waals surface area contributed by atoms with E-state index in [1.165, 1.54) is 30.7 Å². The molecule has 6 rings (SSSR count). The SMILES string of the molecule is COc1ccc(C(OC(C(C)=O)[C@H]2O[C@@H](n3ccc(N)nc3=O)C[C@@H]2OP(CCCO[C@@H]2O[C@H](COC(C)=O)[C@@H](OC(C)=O)[C@H](OC(C)=O)[C@H]2OC(C)=O)N(C(C)C)C(C)C)(c2ccccc2)c2ccc(OC)cc2)cc1. The van der Waals surface area contributed by atoms with Crippen molar-refractivity contribution in [2.75, 3.05) is 39.3 Å². The van der Waals surface area contributed by atoms with Gasteiger partial charge in [-0.1, -0.05) is 54.6 Å². The number of hydrogen-bond acceptors (Lipinski definition) is 20. The van der Waals surface area contributed by atoms with Gasteiger partial charge in [-0.05, 0) is 88.1 Å². The number of carbonyl (C=O) groups is 5. The number of aromatic nitrogens is 2. The van der Waals surface area contributed by atoms with Gasteiger partial charge in [0, 0.05) is 58.6 Å². The zero-order valence-electron chi connectivity index (χ0n) is 45.4. The van der Waals surface area contributed by atoms with Crippen LogP contribution in [0.25, 0.3) is 0 Å². The lowest BCUT2D eigenvalue weighted by Gasteiger charge is -2.44. The van der Waals surface area contributed by atoms with E-state index in [1.54, 1.807) is 14.2 Å². The summed E-state index contributed by atoms with van der Waals surface area (Å²) in [6, 6.07) is 25.6. The molecule has 0 radical (unpaired) electrons. The zero-order valence-corrected chi connectivity index (χ0v) is 46.2. The molecule has 2 aliphatic heterocycles. The van der Waals surface area contributed by atoms with Crippen LogP contribution < -0.4 is 20.9 Å². The Morgan fingerprint density at radius 3 is 1.79 bits per heavy atom. The van der Waals surface area contributed by atoms with Crippen molar-refractivity contribution in [2.24, 2.45) is 0 Å². The molecule has 0 aliphatic carbocycles. The summed E-state index contributed by atoms with van der Waals surface area (Å²) in [6.07, 6.45) is -8.94. The van der Waals surface area contributed by atoms with Gasteiger partial charge in [0.25, 0.3) is 0 Å². The Balaban J connectivity index is 1.40. The standard InChI is InChI=1S/C55H71N4O17P/c1-32(2)59(33(3)4)77(29-15-28-68-53-52(72-38(9)64)51(71-37(8)63)50(70-36(7)62)45(73-53)31-69-35(6)61)76-44-30-47(58-27-26-46(56)57-54(58)65)74-49(44)48(34(5)60)75-55(39-16-13-12-14-17-39,40-18-22-42(66-10)23-19-40)41-20-24-43(67-11)25-21-41/h12-14,16-27,32-33,44-45,47-53H,15,28-31H2,1-11H3,(H2,56,57,65)/t44-,45+,47+,48?,49-,50+,51-,52+,53+,77?/m0/s1. The van der Waals surface area contributed by atoms with Gasteiger partial charge in [0.2, 0.25) is 0 Å². The fourth-order valence-corrected chi connectivity index (χ4v) is 12.1. The van der Waals surface area contributed by atoms with E-state index in [1.807, 2.05) is 107 Å². The zero-order chi connectivity index (χ0) is 56.1. The molecule has 77 heavy (non-hydrogen) atoms. The predicted molar refractivity (Wildman–Crippen MR) is 281 cm³/mol. The number of hydrogen-bond donors (Lipinski definition) is 1. The van der Waals surface area contributed by atoms with Crippen molar-refractivity contribution >= 4 is 43.8 Å². The molecule has 22 heteroatoms. The van der Waals surface area contributed by atoms with Crippen LogP contribution >= 0.6 is 8.30 Å². The van der Waals surface area contributed by atoms with Crippen molar-refractivity contribution in [3.8, 4) is 11.5 Å². The smallest absolute Gasteiger partial charge is 0.351 e. The van der Waals surface area contributed by atoms with E-state index in [4.69, 9.17) is 57.6 Å². The molecule has 2 unspecified atom stereocenters. The Kier molecular flexibility index (Phi) is 21.3. The molecule has 3 heterocycles. The van der Waals surface area contributed by atoms with Gasteiger partial charge in [0.1, 0.15) is 62.4 Å².